The van der Waals surface area contributed by atoms with Crippen LogP contribution in [0.15, 0.2) is 30.6 Å². The van der Waals surface area contributed by atoms with Crippen molar-refractivity contribution in [1.29, 1.82) is 0 Å². The number of nitrogens with one attached hydrogen (secondary N) is 1. The first-order chi connectivity index (χ1) is 13.2. The highest BCUT2D eigenvalue weighted by Crippen LogP contribution is 2.36. The Hall–Kier alpha value is -2.71. The topological polar surface area (TPSA) is 82.6 Å². The maximum atomic E-state index is 12.4. The number of nitrogens with zero attached hydrogens (tertiary/aromatic N) is 2. The molecule has 0 aliphatic rings. The van der Waals surface area contributed by atoms with Crippen molar-refractivity contribution in [2.24, 2.45) is 0 Å². The van der Waals surface area contributed by atoms with Crippen LogP contribution in [0.2, 0.25) is 0 Å². The molecule has 0 amide bonds. The van der Waals surface area contributed by atoms with Crippen molar-refractivity contribution in [2.75, 3.05) is 32.2 Å². The zero-order valence-electron chi connectivity index (χ0n) is 15.4. The number of para-hydroxylation sites is 2. The Balaban J connectivity index is 1.95. The van der Waals surface area contributed by atoms with Crippen LogP contribution in [0, 0.1) is 6.92 Å². The molecule has 3 rings (SSSR count). The maximum Gasteiger partial charge on any atom is 0.348 e. The summed E-state index contributed by atoms with van der Waals surface area (Å²) in [4.78, 5) is 22.3. The van der Waals surface area contributed by atoms with Crippen LogP contribution in [0.5, 0.6) is 5.75 Å². The lowest BCUT2D eigenvalue weighted by molar-refractivity contribution is 0.0393. The highest BCUT2D eigenvalue weighted by Gasteiger charge is 2.21. The summed E-state index contributed by atoms with van der Waals surface area (Å²) in [7, 11) is 1.56. The zero-order chi connectivity index (χ0) is 19.2. The van der Waals surface area contributed by atoms with Gasteiger partial charge in [0.05, 0.1) is 24.3 Å². The molecule has 7 nitrogen and oxygen atoms in total. The van der Waals surface area contributed by atoms with Crippen molar-refractivity contribution < 1.29 is 19.0 Å². The van der Waals surface area contributed by atoms with E-state index in [1.54, 1.807) is 7.11 Å². The number of thiophene rings is 1. The van der Waals surface area contributed by atoms with E-state index >= 15 is 0 Å². The van der Waals surface area contributed by atoms with Crippen molar-refractivity contribution in [3.8, 4) is 5.75 Å². The molecule has 0 saturated carbocycles. The van der Waals surface area contributed by atoms with Gasteiger partial charge in [0.2, 0.25) is 0 Å². The van der Waals surface area contributed by atoms with Gasteiger partial charge in [-0.05, 0) is 31.5 Å². The van der Waals surface area contributed by atoms with Crippen molar-refractivity contribution in [3.05, 3.63) is 41.0 Å². The van der Waals surface area contributed by atoms with Crippen LogP contribution in [0.25, 0.3) is 10.2 Å². The van der Waals surface area contributed by atoms with Gasteiger partial charge in [-0.15, -0.1) is 11.3 Å². The Labute approximate surface area is 161 Å². The van der Waals surface area contributed by atoms with Gasteiger partial charge in [0.1, 0.15) is 34.2 Å². The van der Waals surface area contributed by atoms with Gasteiger partial charge in [-0.1, -0.05) is 12.1 Å². The molecule has 0 unspecified atom stereocenters. The van der Waals surface area contributed by atoms with Crippen molar-refractivity contribution in [2.45, 2.75) is 13.8 Å². The van der Waals surface area contributed by atoms with E-state index in [2.05, 4.69) is 15.3 Å². The van der Waals surface area contributed by atoms with Gasteiger partial charge in [-0.2, -0.15) is 0 Å². The predicted octanol–water partition coefficient (Wildman–Crippen LogP) is 3.95. The molecule has 2 aromatic heterocycles. The molecule has 0 aliphatic carbocycles. The summed E-state index contributed by atoms with van der Waals surface area (Å²) >= 11 is 1.29. The fourth-order valence-electron chi connectivity index (χ4n) is 2.62. The monoisotopic (exact) mass is 387 g/mol. The van der Waals surface area contributed by atoms with E-state index in [9.17, 15) is 4.79 Å². The van der Waals surface area contributed by atoms with E-state index < -0.39 is 0 Å². The molecule has 27 heavy (non-hydrogen) atoms. The lowest BCUT2D eigenvalue weighted by Crippen LogP contribution is -2.09. The second-order valence-corrected chi connectivity index (χ2v) is 6.64. The fourth-order valence-corrected chi connectivity index (χ4v) is 3.67. The quantitative estimate of drug-likeness (QED) is 0.463. The lowest BCUT2D eigenvalue weighted by atomic mass is 10.2. The van der Waals surface area contributed by atoms with Crippen molar-refractivity contribution >= 4 is 39.0 Å². The first kappa shape index (κ1) is 19.1. The summed E-state index contributed by atoms with van der Waals surface area (Å²) in [6.07, 6.45) is 1.48. The maximum absolute atomic E-state index is 12.4. The number of esters is 1. The molecule has 0 spiro atoms. The average molecular weight is 387 g/mol. The van der Waals surface area contributed by atoms with Crippen LogP contribution in [0.3, 0.4) is 0 Å². The Morgan fingerprint density at radius 3 is 2.81 bits per heavy atom. The number of anilines is 2. The molecule has 0 radical (unpaired) electrons. The highest BCUT2D eigenvalue weighted by atomic mass is 32.1. The summed E-state index contributed by atoms with van der Waals surface area (Å²) in [5.74, 6) is 0.976. The third kappa shape index (κ3) is 4.17. The summed E-state index contributed by atoms with van der Waals surface area (Å²) in [5, 5.41) is 4.10. The Kier molecular flexibility index (Phi) is 6.20. The van der Waals surface area contributed by atoms with Crippen LogP contribution >= 0.6 is 11.3 Å². The van der Waals surface area contributed by atoms with Crippen LogP contribution in [-0.4, -0.2) is 42.9 Å². The first-order valence-electron chi connectivity index (χ1n) is 8.54. The molecule has 8 heteroatoms. The molecule has 0 bridgehead atoms. The summed E-state index contributed by atoms with van der Waals surface area (Å²) in [6.45, 7) is 4.93. The molecule has 0 fully saturated rings. The van der Waals surface area contributed by atoms with Gasteiger partial charge in [-0.3, -0.25) is 0 Å². The van der Waals surface area contributed by atoms with Gasteiger partial charge in [-0.25, -0.2) is 14.8 Å². The van der Waals surface area contributed by atoms with Gasteiger partial charge in [0.15, 0.2) is 0 Å². The minimum atomic E-state index is -0.381. The van der Waals surface area contributed by atoms with E-state index in [0.29, 0.717) is 23.9 Å². The molecular weight excluding hydrogens is 366 g/mol. The minimum absolute atomic E-state index is 0.210. The lowest BCUT2D eigenvalue weighted by Gasteiger charge is -2.12. The number of aryl methyl sites for hydroxylation is 1. The zero-order valence-corrected chi connectivity index (χ0v) is 16.3. The molecule has 142 valence electrons. The average Bonchev–Trinajstić information content (AvgIpc) is 3.01. The number of fused-ring (bicyclic) bond motifs is 1. The van der Waals surface area contributed by atoms with Crippen LogP contribution in [-0.2, 0) is 9.47 Å². The van der Waals surface area contributed by atoms with Crippen LogP contribution in [0.1, 0.15) is 22.2 Å². The molecular formula is C19H21N3O4S. The highest BCUT2D eigenvalue weighted by molar-refractivity contribution is 7.20. The minimum Gasteiger partial charge on any atom is -0.492 e. The third-order valence-corrected chi connectivity index (χ3v) is 5.05. The van der Waals surface area contributed by atoms with Crippen molar-refractivity contribution in [3.63, 3.8) is 0 Å². The number of ether oxygens (including phenoxy) is 3. The largest absolute Gasteiger partial charge is 0.492 e. The summed E-state index contributed by atoms with van der Waals surface area (Å²) in [6, 6.07) is 7.64. The SMILES string of the molecule is CCOc1ccccc1Nc1ncnc2sc(C(=O)OCCOC)c(C)c12. The Morgan fingerprint density at radius 2 is 2.04 bits per heavy atom. The molecule has 0 saturated heterocycles. The smallest absolute Gasteiger partial charge is 0.348 e. The number of carbonyl (C=O) groups is 1. The van der Waals surface area contributed by atoms with Gasteiger partial charge >= 0.3 is 5.97 Å². The summed E-state index contributed by atoms with van der Waals surface area (Å²) < 4.78 is 15.8. The van der Waals surface area contributed by atoms with E-state index in [1.165, 1.54) is 17.7 Å². The van der Waals surface area contributed by atoms with E-state index in [1.807, 2.05) is 38.1 Å². The Bertz CT molecular complexity index is 942. The second kappa shape index (κ2) is 8.79. The number of rotatable bonds is 8. The molecule has 0 aliphatic heterocycles. The van der Waals surface area contributed by atoms with Gasteiger partial charge < -0.3 is 19.5 Å². The number of hydrogen-bond donors (Lipinski definition) is 1. The first-order valence-corrected chi connectivity index (χ1v) is 9.36. The van der Waals surface area contributed by atoms with Gasteiger partial charge in [0, 0.05) is 7.11 Å². The fraction of sp³-hybridized carbons (Fsp3) is 0.316. The number of aromatic nitrogens is 2. The number of benzene rings is 1. The number of methoxy groups -OCH3 is 1. The normalized spacial score (nSPS) is 10.8. The molecule has 2 heterocycles. The predicted molar refractivity (Wildman–Crippen MR) is 105 cm³/mol. The molecule has 1 aromatic carbocycles. The molecule has 0 atom stereocenters. The van der Waals surface area contributed by atoms with Crippen molar-refractivity contribution in [1.82, 2.24) is 9.97 Å². The van der Waals surface area contributed by atoms with E-state index in [4.69, 9.17) is 14.2 Å². The Morgan fingerprint density at radius 1 is 1.22 bits per heavy atom. The van der Waals surface area contributed by atoms with Gasteiger partial charge in [0.25, 0.3) is 0 Å². The van der Waals surface area contributed by atoms with Crippen LogP contribution < -0.4 is 10.1 Å². The second-order valence-electron chi connectivity index (χ2n) is 5.64. The molecule has 3 aromatic rings. The third-order valence-electron chi connectivity index (χ3n) is 3.87. The van der Waals surface area contributed by atoms with E-state index in [-0.39, 0.29) is 12.6 Å². The number of carbonyl (C=O) groups excluding carboxylic acids is 1. The van der Waals surface area contributed by atoms with E-state index in [0.717, 1.165) is 27.2 Å². The standard InChI is InChI=1S/C19H21N3O4S/c1-4-25-14-8-6-5-7-13(14)22-17-15-12(2)16(19(23)26-10-9-24-3)27-18(15)21-11-20-17/h5-8,11H,4,9-10H2,1-3H3,(H,20,21,22). The molecule has 1 N–H and O–H groups in total. The van der Waals surface area contributed by atoms with Crippen LogP contribution in [0.4, 0.5) is 11.5 Å². The summed E-state index contributed by atoms with van der Waals surface area (Å²) in [5.41, 5.74) is 1.59. The number of hydrogen-bond acceptors (Lipinski definition) is 8.